The van der Waals surface area contributed by atoms with Gasteiger partial charge in [0.2, 0.25) is 0 Å². The quantitative estimate of drug-likeness (QED) is 0.600. The summed E-state index contributed by atoms with van der Waals surface area (Å²) in [6, 6.07) is 0. The molecule has 0 aromatic rings. The van der Waals surface area contributed by atoms with Gasteiger partial charge in [0.05, 0.1) is 0 Å². The summed E-state index contributed by atoms with van der Waals surface area (Å²) >= 11 is 0. The number of halogens is 7. The molecule has 0 spiro atoms. The minimum atomic E-state index is 0. The Morgan fingerprint density at radius 2 is 0.250 bits per heavy atom. The third-order valence-corrected chi connectivity index (χ3v) is 0. The van der Waals surface area contributed by atoms with E-state index in [1.165, 1.54) is 0 Å². The Morgan fingerprint density at radius 3 is 0.250 bits per heavy atom. The van der Waals surface area contributed by atoms with Crippen LogP contribution < -0.4 is 0 Å². The van der Waals surface area contributed by atoms with Crippen molar-refractivity contribution in [1.82, 2.24) is 0 Å². The zero-order valence-electron chi connectivity index (χ0n) is 2.86. The maximum atomic E-state index is 0. The van der Waals surface area contributed by atoms with Crippen LogP contribution in [0, 0.1) is 0 Å². The zero-order chi connectivity index (χ0) is 0. The fourth-order valence-corrected chi connectivity index (χ4v) is 0. The molecule has 0 fully saturated rings. The van der Waals surface area contributed by atoms with E-state index in [2.05, 4.69) is 0 Å². The van der Waals surface area contributed by atoms with E-state index in [4.69, 9.17) is 0 Å². The summed E-state index contributed by atoms with van der Waals surface area (Å²) in [6.07, 6.45) is 0. The predicted octanol–water partition coefficient (Wildman–Crippen LogP) is 2.04. The van der Waals surface area contributed by atoms with E-state index in [1.807, 2.05) is 0 Å². The molecule has 8 heavy (non-hydrogen) atoms. The summed E-state index contributed by atoms with van der Waals surface area (Å²) in [6.45, 7) is 0. The van der Waals surface area contributed by atoms with E-state index >= 15 is 0 Å². The molecule has 0 aliphatic heterocycles. The molecule has 0 saturated carbocycles. The van der Waals surface area contributed by atoms with Crippen LogP contribution in [-0.2, 0) is 0 Å². The molecular weight excluding hydrogens is 288 g/mol. The van der Waals surface area contributed by atoms with Crippen LogP contribution >= 0.6 is 86.8 Å². The molecule has 0 bridgehead atoms. The van der Waals surface area contributed by atoms with Crippen LogP contribution in [0.1, 0.15) is 0 Å². The van der Waals surface area contributed by atoms with Crippen LogP contribution in [0.3, 0.4) is 0 Å². The molecule has 0 unspecified atom stereocenters. The van der Waals surface area contributed by atoms with Crippen molar-refractivity contribution in [3.05, 3.63) is 0 Å². The summed E-state index contributed by atoms with van der Waals surface area (Å²) in [5, 5.41) is 0. The van der Waals surface area contributed by atoms with Gasteiger partial charge >= 0.3 is 37.7 Å². The third kappa shape index (κ3) is 59.0. The third-order valence-electron chi connectivity index (χ3n) is 0. The Kier molecular flexibility index (Phi) is 1130. The van der Waals surface area contributed by atoms with E-state index < -0.39 is 0 Å². The Labute approximate surface area is 123 Å². The van der Waals surface area contributed by atoms with Crippen molar-refractivity contribution in [2.75, 3.05) is 0 Å². The Bertz CT molecular complexity index is 4.35. The van der Waals surface area contributed by atoms with Gasteiger partial charge in [0.25, 0.3) is 0 Å². The van der Waals surface area contributed by atoms with Gasteiger partial charge in [-0.05, 0) is 0 Å². The second kappa shape index (κ2) is 82.1. The molecule has 0 radical (unpaired) electrons. The average Bonchev–Trinajstić information content (AvgIpc) is 0. The van der Waals surface area contributed by atoms with Gasteiger partial charge in [0.15, 0.2) is 0 Å². The summed E-state index contributed by atoms with van der Waals surface area (Å²) in [7, 11) is 0. The van der Waals surface area contributed by atoms with Crippen LogP contribution in [0.15, 0.2) is 0 Å². The van der Waals surface area contributed by atoms with E-state index in [0.717, 1.165) is 0 Å². The molecule has 0 saturated heterocycles. The summed E-state index contributed by atoms with van der Waals surface area (Å²) in [5.74, 6) is 0. The molecule has 0 N–H and O–H groups in total. The van der Waals surface area contributed by atoms with Gasteiger partial charge in [0.1, 0.15) is 0 Å². The van der Waals surface area contributed by atoms with E-state index in [9.17, 15) is 0 Å². The first kappa shape index (κ1) is 110. The molecule has 0 aliphatic carbocycles. The second-order valence-electron chi connectivity index (χ2n) is 0. The predicted molar refractivity (Wildman–Crippen MR) is 59.3 cm³/mol. The molecular formula is H9CaCl7. The van der Waals surface area contributed by atoms with Crippen molar-refractivity contribution in [2.24, 2.45) is 0 Å². The zero-order valence-corrected chi connectivity index (χ0v) is 8.57. The standard InChI is InChI=1S/Ca.7ClH.2H/h;7*1H;;. The molecule has 60 valence electrons. The summed E-state index contributed by atoms with van der Waals surface area (Å²) in [5.41, 5.74) is 0. The van der Waals surface area contributed by atoms with Crippen molar-refractivity contribution in [2.45, 2.75) is 0 Å². The molecule has 0 atom stereocenters. The fraction of sp³-hybridized carbons (Fsp3) is 0. The normalized spacial score (nSPS) is 0. The molecule has 0 amide bonds. The van der Waals surface area contributed by atoms with Crippen LogP contribution in [0.2, 0.25) is 0 Å². The van der Waals surface area contributed by atoms with Gasteiger partial charge in [-0.2, -0.15) is 0 Å². The number of hydrogen-bond acceptors (Lipinski definition) is 0. The number of hydrogen-bond donors (Lipinski definition) is 0. The minimum absolute atomic E-state index is 0. The topological polar surface area (TPSA) is 0 Å². The number of rotatable bonds is 0. The van der Waals surface area contributed by atoms with Gasteiger partial charge in [-0.25, -0.2) is 0 Å². The molecule has 0 aliphatic rings. The molecule has 8 heteroatoms. The SMILES string of the molecule is Cl.Cl.Cl.Cl.Cl.Cl.Cl.[CaH2]. The monoisotopic (exact) mass is 294 g/mol. The van der Waals surface area contributed by atoms with Crippen LogP contribution in [-0.4, -0.2) is 37.7 Å². The van der Waals surface area contributed by atoms with E-state index in [1.54, 1.807) is 0 Å². The van der Waals surface area contributed by atoms with Crippen LogP contribution in [0.25, 0.3) is 0 Å². The molecule has 0 heterocycles. The molecule has 0 nitrogen and oxygen atoms in total. The maximum absolute atomic E-state index is 0. The molecule has 0 aromatic heterocycles. The van der Waals surface area contributed by atoms with Gasteiger partial charge in [0, 0.05) is 0 Å². The first-order valence-electron chi connectivity index (χ1n) is 0. The Morgan fingerprint density at radius 1 is 0.250 bits per heavy atom. The summed E-state index contributed by atoms with van der Waals surface area (Å²) < 4.78 is 0. The van der Waals surface area contributed by atoms with E-state index in [-0.39, 0.29) is 125 Å². The Balaban J connectivity index is 0. The van der Waals surface area contributed by atoms with Crippen molar-refractivity contribution >= 4 is 125 Å². The van der Waals surface area contributed by atoms with Gasteiger partial charge in [-0.3, -0.25) is 0 Å². The van der Waals surface area contributed by atoms with Crippen molar-refractivity contribution in [1.29, 1.82) is 0 Å². The fourth-order valence-electron chi connectivity index (χ4n) is 0. The van der Waals surface area contributed by atoms with Gasteiger partial charge < -0.3 is 0 Å². The van der Waals surface area contributed by atoms with Crippen molar-refractivity contribution in [3.63, 3.8) is 0 Å². The second-order valence-corrected chi connectivity index (χ2v) is 0. The average molecular weight is 297 g/mol. The first-order chi connectivity index (χ1) is 0. The Hall–Kier alpha value is 3.29. The molecule has 0 aromatic carbocycles. The van der Waals surface area contributed by atoms with Crippen molar-refractivity contribution < 1.29 is 0 Å². The first-order valence-corrected chi connectivity index (χ1v) is 0. The van der Waals surface area contributed by atoms with Crippen LogP contribution in [0.5, 0.6) is 0 Å². The van der Waals surface area contributed by atoms with E-state index in [0.29, 0.717) is 0 Å². The van der Waals surface area contributed by atoms with Gasteiger partial charge in [-0.1, -0.05) is 0 Å². The molecule has 0 rings (SSSR count). The van der Waals surface area contributed by atoms with Gasteiger partial charge in [-0.15, -0.1) is 86.8 Å². The van der Waals surface area contributed by atoms with Crippen molar-refractivity contribution in [3.8, 4) is 0 Å². The van der Waals surface area contributed by atoms with Crippen LogP contribution in [0.4, 0.5) is 0 Å². The summed E-state index contributed by atoms with van der Waals surface area (Å²) in [4.78, 5) is 0.